The van der Waals surface area contributed by atoms with Gasteiger partial charge in [-0.25, -0.2) is 0 Å². The van der Waals surface area contributed by atoms with E-state index >= 15 is 0 Å². The van der Waals surface area contributed by atoms with Crippen LogP contribution in [0.4, 0.5) is 5.69 Å². The van der Waals surface area contributed by atoms with Crippen molar-refractivity contribution in [1.82, 2.24) is 5.32 Å². The van der Waals surface area contributed by atoms with Gasteiger partial charge >= 0.3 is 0 Å². The molecule has 2 N–H and O–H groups in total. The number of nitrogens with one attached hydrogen (secondary N) is 2. The van der Waals surface area contributed by atoms with Crippen LogP contribution in [0.3, 0.4) is 0 Å². The van der Waals surface area contributed by atoms with Crippen LogP contribution in [-0.2, 0) is 9.59 Å². The number of hydrogen-bond acceptors (Lipinski definition) is 3. The predicted octanol–water partition coefficient (Wildman–Crippen LogP) is 2.72. The second-order valence-electron chi connectivity index (χ2n) is 6.19. The highest BCUT2D eigenvalue weighted by atomic mass is 16.5. The number of hydrogen-bond donors (Lipinski definition) is 2. The Bertz CT molecular complexity index is 504. The van der Waals surface area contributed by atoms with Crippen molar-refractivity contribution in [2.45, 2.75) is 52.7 Å². The van der Waals surface area contributed by atoms with E-state index in [1.165, 1.54) is 0 Å². The molecule has 0 saturated carbocycles. The first-order valence-electron chi connectivity index (χ1n) is 7.04. The zero-order valence-corrected chi connectivity index (χ0v) is 13.3. The third-order valence-corrected chi connectivity index (χ3v) is 2.36. The number of ether oxygens (including phenoxy) is 1. The van der Waals surface area contributed by atoms with Crippen molar-refractivity contribution in [2.24, 2.45) is 0 Å². The van der Waals surface area contributed by atoms with Crippen molar-refractivity contribution in [2.75, 3.05) is 5.32 Å². The van der Waals surface area contributed by atoms with Gasteiger partial charge in [0.2, 0.25) is 11.8 Å². The number of carbonyl (C=O) groups is 2. The van der Waals surface area contributed by atoms with E-state index in [2.05, 4.69) is 10.6 Å². The molecule has 5 heteroatoms. The Morgan fingerprint density at radius 1 is 1.14 bits per heavy atom. The van der Waals surface area contributed by atoms with Gasteiger partial charge in [-0.1, -0.05) is 12.1 Å². The monoisotopic (exact) mass is 292 g/mol. The van der Waals surface area contributed by atoms with Gasteiger partial charge in [0.25, 0.3) is 0 Å². The van der Waals surface area contributed by atoms with Gasteiger partial charge in [-0.05, 0) is 46.8 Å². The summed E-state index contributed by atoms with van der Waals surface area (Å²) in [4.78, 5) is 23.6. The summed E-state index contributed by atoms with van der Waals surface area (Å²) in [5.41, 5.74) is 0.218. The van der Waals surface area contributed by atoms with E-state index < -0.39 is 0 Å². The highest BCUT2D eigenvalue weighted by molar-refractivity contribution is 6.04. The predicted molar refractivity (Wildman–Crippen MR) is 83.3 cm³/mol. The van der Waals surface area contributed by atoms with Gasteiger partial charge in [-0.15, -0.1) is 0 Å². The molecule has 1 aromatic carbocycles. The molecule has 1 aromatic rings. The summed E-state index contributed by atoms with van der Waals surface area (Å²) in [5.74, 6) is -0.0732. The minimum atomic E-state index is -0.364. The first kappa shape index (κ1) is 17.0. The van der Waals surface area contributed by atoms with Gasteiger partial charge in [0.1, 0.15) is 12.2 Å². The number of amides is 2. The Morgan fingerprint density at radius 3 is 2.33 bits per heavy atom. The van der Waals surface area contributed by atoms with Crippen molar-refractivity contribution in [3.8, 4) is 5.75 Å². The van der Waals surface area contributed by atoms with E-state index in [-0.39, 0.29) is 29.9 Å². The van der Waals surface area contributed by atoms with Crippen molar-refractivity contribution in [1.29, 1.82) is 0 Å². The molecule has 0 radical (unpaired) electrons. The lowest BCUT2D eigenvalue weighted by Gasteiger charge is -2.20. The molecule has 0 aliphatic rings. The lowest BCUT2D eigenvalue weighted by Crippen LogP contribution is -2.41. The third-order valence-electron chi connectivity index (χ3n) is 2.36. The maximum Gasteiger partial charge on any atom is 0.233 e. The molecular weight excluding hydrogens is 268 g/mol. The fourth-order valence-electron chi connectivity index (χ4n) is 1.73. The van der Waals surface area contributed by atoms with Gasteiger partial charge < -0.3 is 15.4 Å². The summed E-state index contributed by atoms with van der Waals surface area (Å²) in [6.07, 6.45) is -0.208. The maximum absolute atomic E-state index is 11.9. The van der Waals surface area contributed by atoms with Crippen LogP contribution in [0.25, 0.3) is 0 Å². The number of para-hydroxylation sites is 2. The summed E-state index contributed by atoms with van der Waals surface area (Å²) in [6, 6.07) is 7.17. The van der Waals surface area contributed by atoms with E-state index in [1.54, 1.807) is 18.2 Å². The molecule has 0 atom stereocenters. The number of benzene rings is 1. The second kappa shape index (κ2) is 7.11. The smallest absolute Gasteiger partial charge is 0.233 e. The first-order chi connectivity index (χ1) is 9.67. The molecule has 1 rings (SSSR count). The number of anilines is 1. The standard InChI is InChI=1S/C16H24N2O3/c1-11(2)21-13-9-7-6-8-12(13)17-14(19)10-15(20)18-16(3,4)5/h6-9,11H,10H2,1-5H3,(H,17,19)(H,18,20). The molecule has 116 valence electrons. The minimum Gasteiger partial charge on any atom is -0.489 e. The van der Waals surface area contributed by atoms with E-state index in [0.29, 0.717) is 11.4 Å². The molecule has 0 unspecified atom stereocenters. The molecule has 0 fully saturated rings. The Hall–Kier alpha value is -2.04. The molecule has 0 bridgehead atoms. The first-order valence-corrected chi connectivity index (χ1v) is 7.04. The van der Waals surface area contributed by atoms with E-state index in [4.69, 9.17) is 4.74 Å². The molecular formula is C16H24N2O3. The van der Waals surface area contributed by atoms with Crippen molar-refractivity contribution >= 4 is 17.5 Å². The zero-order chi connectivity index (χ0) is 16.0. The van der Waals surface area contributed by atoms with Crippen LogP contribution in [0.5, 0.6) is 5.75 Å². The summed E-state index contributed by atoms with van der Waals surface area (Å²) in [6.45, 7) is 9.43. The van der Waals surface area contributed by atoms with Gasteiger partial charge in [0, 0.05) is 5.54 Å². The fourth-order valence-corrected chi connectivity index (χ4v) is 1.73. The molecule has 0 saturated heterocycles. The van der Waals surface area contributed by atoms with Crippen molar-refractivity contribution in [3.63, 3.8) is 0 Å². The summed E-state index contributed by atoms with van der Waals surface area (Å²) < 4.78 is 5.62. The van der Waals surface area contributed by atoms with Gasteiger partial charge in [0.05, 0.1) is 11.8 Å². The maximum atomic E-state index is 11.9. The largest absolute Gasteiger partial charge is 0.489 e. The molecule has 0 aliphatic carbocycles. The molecule has 0 heterocycles. The van der Waals surface area contributed by atoms with Crippen LogP contribution >= 0.6 is 0 Å². The van der Waals surface area contributed by atoms with E-state index in [0.717, 1.165) is 0 Å². The number of rotatable bonds is 5. The third kappa shape index (κ3) is 6.79. The minimum absolute atomic E-state index is 0.00670. The quantitative estimate of drug-likeness (QED) is 0.820. The molecule has 0 aliphatic heterocycles. The lowest BCUT2D eigenvalue weighted by atomic mass is 10.1. The zero-order valence-electron chi connectivity index (χ0n) is 13.3. The van der Waals surface area contributed by atoms with Crippen LogP contribution in [-0.4, -0.2) is 23.5 Å². The van der Waals surface area contributed by atoms with E-state index in [1.807, 2.05) is 40.7 Å². The van der Waals surface area contributed by atoms with Crippen LogP contribution in [0.2, 0.25) is 0 Å². The SMILES string of the molecule is CC(C)Oc1ccccc1NC(=O)CC(=O)NC(C)(C)C. The topological polar surface area (TPSA) is 67.4 Å². The van der Waals surface area contributed by atoms with Crippen molar-refractivity contribution < 1.29 is 14.3 Å². The Balaban J connectivity index is 2.65. The molecule has 0 spiro atoms. The van der Waals surface area contributed by atoms with Crippen molar-refractivity contribution in [3.05, 3.63) is 24.3 Å². The second-order valence-corrected chi connectivity index (χ2v) is 6.19. The Kier molecular flexibility index (Phi) is 5.76. The highest BCUT2D eigenvalue weighted by Gasteiger charge is 2.17. The van der Waals surface area contributed by atoms with Gasteiger partial charge in [0.15, 0.2) is 0 Å². The Morgan fingerprint density at radius 2 is 1.76 bits per heavy atom. The fraction of sp³-hybridized carbons (Fsp3) is 0.500. The lowest BCUT2D eigenvalue weighted by molar-refractivity contribution is -0.127. The number of carbonyl (C=O) groups excluding carboxylic acids is 2. The summed E-state index contributed by atoms with van der Waals surface area (Å²) in [7, 11) is 0. The molecule has 2 amide bonds. The highest BCUT2D eigenvalue weighted by Crippen LogP contribution is 2.24. The van der Waals surface area contributed by atoms with Crippen LogP contribution in [0.15, 0.2) is 24.3 Å². The average Bonchev–Trinajstić information content (AvgIpc) is 2.28. The van der Waals surface area contributed by atoms with Crippen LogP contribution in [0, 0.1) is 0 Å². The molecule has 0 aromatic heterocycles. The molecule has 5 nitrogen and oxygen atoms in total. The average molecular weight is 292 g/mol. The summed E-state index contributed by atoms with van der Waals surface area (Å²) in [5, 5.41) is 5.46. The van der Waals surface area contributed by atoms with E-state index in [9.17, 15) is 9.59 Å². The summed E-state index contributed by atoms with van der Waals surface area (Å²) >= 11 is 0. The molecule has 21 heavy (non-hydrogen) atoms. The van der Waals surface area contributed by atoms with Crippen LogP contribution < -0.4 is 15.4 Å². The Labute approximate surface area is 126 Å². The van der Waals surface area contributed by atoms with Gasteiger partial charge in [-0.3, -0.25) is 9.59 Å². The van der Waals surface area contributed by atoms with Crippen LogP contribution in [0.1, 0.15) is 41.0 Å². The van der Waals surface area contributed by atoms with Gasteiger partial charge in [-0.2, -0.15) is 0 Å². The normalized spacial score (nSPS) is 11.1.